The Hall–Kier alpha value is -6.21. The molecule has 9 unspecified atom stereocenters. The van der Waals surface area contributed by atoms with E-state index in [9.17, 15) is 63.6 Å². The largest absolute Gasteiger partial charge is 0.481 e. The summed E-state index contributed by atoms with van der Waals surface area (Å²) >= 11 is 0. The minimum Gasteiger partial charge on any atom is -0.481 e. The smallest absolute Gasteiger partial charge is 0.317 e. The molecule has 0 aromatic heterocycles. The van der Waals surface area contributed by atoms with Gasteiger partial charge in [0.1, 0.15) is 25.9 Å². The fourth-order valence-electron chi connectivity index (χ4n) is 14.2. The van der Waals surface area contributed by atoms with E-state index in [4.69, 9.17) is 28.4 Å². The molecule has 0 spiro atoms. The third-order valence-electron chi connectivity index (χ3n) is 21.1. The Labute approximate surface area is 670 Å². The van der Waals surface area contributed by atoms with E-state index in [1.54, 1.807) is 0 Å². The maximum absolute atomic E-state index is 13.9. The van der Waals surface area contributed by atoms with Gasteiger partial charge in [0.25, 0.3) is 0 Å². The van der Waals surface area contributed by atoms with Crippen LogP contribution in [0.3, 0.4) is 0 Å². The highest BCUT2D eigenvalue weighted by atomic mass is 16.6. The van der Waals surface area contributed by atoms with Gasteiger partial charge in [-0.05, 0) is 120 Å². The van der Waals surface area contributed by atoms with Gasteiger partial charge in [0.2, 0.25) is 0 Å². The molecule has 111 heavy (non-hydrogen) atoms. The zero-order valence-corrected chi connectivity index (χ0v) is 69.8. The number of aliphatic carboxylic acids is 2. The molecule has 0 bridgehead atoms. The number of allylic oxidation sites excluding steroid dienone is 12. The number of hydrogen-bond donors (Lipinski definition) is 4. The summed E-state index contributed by atoms with van der Waals surface area (Å²) in [6.07, 6.45) is 67.0. The molecule has 9 atom stereocenters. The van der Waals surface area contributed by atoms with Crippen molar-refractivity contribution in [2.75, 3.05) is 33.0 Å². The molecule has 1 rings (SSSR count). The number of unbranched alkanes of at least 4 members (excludes halogenated alkanes) is 33. The predicted molar refractivity (Wildman–Crippen MR) is 441 cm³/mol. The van der Waals surface area contributed by atoms with Crippen LogP contribution in [0.2, 0.25) is 0 Å². The lowest BCUT2D eigenvalue weighted by atomic mass is 9.84. The molecule has 1 aliphatic heterocycles. The van der Waals surface area contributed by atoms with Gasteiger partial charge < -0.3 is 48.8 Å². The third-order valence-corrected chi connectivity index (χ3v) is 21.1. The molecule has 1 fully saturated rings. The van der Waals surface area contributed by atoms with Crippen molar-refractivity contribution >= 4 is 53.7 Å². The molecule has 636 valence electrons. The van der Waals surface area contributed by atoms with Crippen LogP contribution in [-0.4, -0.2) is 119 Å². The van der Waals surface area contributed by atoms with Gasteiger partial charge in [0, 0.05) is 19.3 Å². The SMILES string of the molecule is CCCCCCCCCCC(CCCCCCCC)COC(=O)C(CC(=O)O)C(/C=C/C=C\CCCCCCCC(=O)OCC(COC(=O)CCCCCCC/C=C\C/C=C\C=C\C(CC)C1CC(=O)OC1=O)OC(=O)CCCCCC/C=C/C(CCCCCCCC)C(CC(=O)O)C(=O)OCC(O)CO)CCCCC. The summed E-state index contributed by atoms with van der Waals surface area (Å²) in [5, 5.41) is 38.8. The molecule has 0 saturated carbocycles. The quantitative estimate of drug-likeness (QED) is 0.0110. The molecule has 19 nitrogen and oxygen atoms in total. The number of cyclic esters (lactones) is 2. The number of carbonyl (C=O) groups excluding carboxylic acids is 7. The molecule has 0 amide bonds. The van der Waals surface area contributed by atoms with Crippen LogP contribution >= 0.6 is 0 Å². The van der Waals surface area contributed by atoms with E-state index in [2.05, 4.69) is 45.9 Å². The summed E-state index contributed by atoms with van der Waals surface area (Å²) in [4.78, 5) is 114. The van der Waals surface area contributed by atoms with E-state index >= 15 is 0 Å². The minimum atomic E-state index is -1.26. The Bertz CT molecular complexity index is 2600. The second-order valence-electron chi connectivity index (χ2n) is 31.1. The summed E-state index contributed by atoms with van der Waals surface area (Å²) in [6.45, 7) is 9.57. The number of hydrogen-bond acceptors (Lipinski definition) is 17. The maximum Gasteiger partial charge on any atom is 0.317 e. The summed E-state index contributed by atoms with van der Waals surface area (Å²) in [5.74, 6) is -7.99. The first-order valence-corrected chi connectivity index (χ1v) is 44.2. The topological polar surface area (TPSA) is 290 Å². The van der Waals surface area contributed by atoms with Crippen molar-refractivity contribution in [3.05, 3.63) is 72.9 Å². The Kier molecular flexibility index (Phi) is 67.4. The van der Waals surface area contributed by atoms with Gasteiger partial charge in [0.05, 0.1) is 50.2 Å². The summed E-state index contributed by atoms with van der Waals surface area (Å²) < 4.78 is 33.1. The molecule has 0 radical (unpaired) electrons. The highest BCUT2D eigenvalue weighted by Crippen LogP contribution is 2.31. The first-order valence-electron chi connectivity index (χ1n) is 44.2. The molecule has 1 heterocycles. The Morgan fingerprint density at radius 1 is 0.423 bits per heavy atom. The third kappa shape index (κ3) is 59.2. The highest BCUT2D eigenvalue weighted by Gasteiger charge is 2.38. The van der Waals surface area contributed by atoms with E-state index in [0.29, 0.717) is 51.6 Å². The number of carboxylic acid groups (broad SMARTS) is 2. The number of rotatable bonds is 77. The molecule has 19 heteroatoms. The maximum atomic E-state index is 13.9. The Morgan fingerprint density at radius 2 is 0.829 bits per heavy atom. The number of esters is 7. The zero-order chi connectivity index (χ0) is 81.4. The summed E-state index contributed by atoms with van der Waals surface area (Å²) in [7, 11) is 0. The standard InChI is InChI=1S/C92H154O19/c1-6-11-15-18-21-31-39-49-58-75(57-48-38-19-16-12-7-2)71-108-90(103)81(67-84(95)96)77(60-47-14-9-4)61-52-42-33-28-26-30-35-45-55-65-87(100)107-74-80(73-106-86(99)64-54-44-34-29-25-23-22-24-27-32-41-50-59-76(10-5)83-69-89(102)111-92(83)105)110-88(101)66-56-46-37-36-43-53-63-78(62-51-40-20-17-13-8-3)82(68-85(97)98)91(104)109-72-79(94)70-93/h22,24,32-33,41-42,50,52-53,59,61,63,75-83,93-94H,6-21,23,25-31,34-40,43-49,51,54-58,60,62,64-74H2,1-5H3,(H,95,96)(H,97,98)/b24-22-,41-32-,42-33-,59-50+,61-52+,63-53+. The van der Waals surface area contributed by atoms with Crippen LogP contribution < -0.4 is 0 Å². The molecule has 1 aliphatic rings. The van der Waals surface area contributed by atoms with Gasteiger partial charge >= 0.3 is 53.7 Å². The number of carbonyl (C=O) groups is 9. The Morgan fingerprint density at radius 3 is 1.31 bits per heavy atom. The van der Waals surface area contributed by atoms with Crippen LogP contribution in [0.25, 0.3) is 0 Å². The van der Waals surface area contributed by atoms with E-state index in [1.807, 2.05) is 61.6 Å². The van der Waals surface area contributed by atoms with Crippen LogP contribution in [0.5, 0.6) is 0 Å². The molecule has 0 aromatic rings. The van der Waals surface area contributed by atoms with Crippen LogP contribution in [0.1, 0.15) is 369 Å². The lowest BCUT2D eigenvalue weighted by Gasteiger charge is -2.24. The lowest BCUT2D eigenvalue weighted by Crippen LogP contribution is -2.31. The fourth-order valence-corrected chi connectivity index (χ4v) is 14.2. The van der Waals surface area contributed by atoms with Crippen molar-refractivity contribution in [1.29, 1.82) is 0 Å². The van der Waals surface area contributed by atoms with Crippen LogP contribution in [-0.2, 0) is 71.6 Å². The Balaban J connectivity index is 2.87. The first kappa shape index (κ1) is 103. The number of aliphatic hydroxyl groups is 2. The normalized spacial score (nSPS) is 15.5. The van der Waals surface area contributed by atoms with E-state index in [-0.39, 0.29) is 69.0 Å². The average molecular weight is 1560 g/mol. The van der Waals surface area contributed by atoms with Crippen molar-refractivity contribution < 1.29 is 92.0 Å². The second-order valence-corrected chi connectivity index (χ2v) is 31.1. The van der Waals surface area contributed by atoms with Crippen LogP contribution in [0, 0.1) is 41.4 Å². The highest BCUT2D eigenvalue weighted by molar-refractivity contribution is 5.95. The summed E-state index contributed by atoms with van der Waals surface area (Å²) in [6, 6.07) is 0. The van der Waals surface area contributed by atoms with Crippen LogP contribution in [0.15, 0.2) is 72.9 Å². The molecule has 4 N–H and O–H groups in total. The van der Waals surface area contributed by atoms with Crippen molar-refractivity contribution in [1.82, 2.24) is 0 Å². The van der Waals surface area contributed by atoms with Crippen molar-refractivity contribution in [3.8, 4) is 0 Å². The van der Waals surface area contributed by atoms with E-state index in [1.165, 1.54) is 77.0 Å². The van der Waals surface area contributed by atoms with Crippen molar-refractivity contribution in [3.63, 3.8) is 0 Å². The summed E-state index contributed by atoms with van der Waals surface area (Å²) in [5.41, 5.74) is 0. The van der Waals surface area contributed by atoms with Gasteiger partial charge in [-0.2, -0.15) is 0 Å². The van der Waals surface area contributed by atoms with Gasteiger partial charge in [0.15, 0.2) is 6.10 Å². The molecule has 0 aliphatic carbocycles. The minimum absolute atomic E-state index is 0.0352. The first-order chi connectivity index (χ1) is 53.9. The van der Waals surface area contributed by atoms with E-state index in [0.717, 1.165) is 173 Å². The fraction of sp³-hybridized carbons (Fsp3) is 0.772. The van der Waals surface area contributed by atoms with Gasteiger partial charge in [-0.25, -0.2) is 0 Å². The van der Waals surface area contributed by atoms with E-state index < -0.39 is 103 Å². The van der Waals surface area contributed by atoms with Gasteiger partial charge in [-0.3, -0.25) is 43.2 Å². The molecular weight excluding hydrogens is 1410 g/mol. The zero-order valence-electron chi connectivity index (χ0n) is 69.8. The monoisotopic (exact) mass is 1560 g/mol. The van der Waals surface area contributed by atoms with Gasteiger partial charge in [-0.1, -0.05) is 307 Å². The average Bonchev–Trinajstić information content (AvgIpc) is 1.76. The number of aliphatic hydroxyl groups excluding tert-OH is 2. The lowest BCUT2D eigenvalue weighted by molar-refractivity contribution is -0.167. The molecule has 1 saturated heterocycles. The van der Waals surface area contributed by atoms with Crippen LogP contribution in [0.4, 0.5) is 0 Å². The predicted octanol–water partition coefficient (Wildman–Crippen LogP) is 21.7. The molecular formula is C92H154O19. The second kappa shape index (κ2) is 72.7. The molecule has 0 aromatic carbocycles. The number of ether oxygens (including phenoxy) is 6. The number of carboxylic acids is 2. The van der Waals surface area contributed by atoms with Crippen molar-refractivity contribution in [2.45, 2.75) is 381 Å². The van der Waals surface area contributed by atoms with Gasteiger partial charge in [-0.15, -0.1) is 0 Å². The van der Waals surface area contributed by atoms with Crippen molar-refractivity contribution in [2.24, 2.45) is 41.4 Å².